The predicted octanol–water partition coefficient (Wildman–Crippen LogP) is 2.79. The first-order valence-corrected chi connectivity index (χ1v) is 4.98. The van der Waals surface area contributed by atoms with E-state index in [0.717, 1.165) is 0 Å². The molecule has 0 spiro atoms. The highest BCUT2D eigenvalue weighted by Gasteiger charge is 2.20. The smallest absolute Gasteiger partial charge is 0.135 e. The summed E-state index contributed by atoms with van der Waals surface area (Å²) in [6, 6.07) is 2.97. The number of hydrogen-bond acceptors (Lipinski definition) is 2. The van der Waals surface area contributed by atoms with E-state index in [1.165, 1.54) is 13.2 Å². The van der Waals surface area contributed by atoms with E-state index < -0.39 is 5.54 Å². The Balaban J connectivity index is 3.29. The maximum Gasteiger partial charge on any atom is 0.135 e. The van der Waals surface area contributed by atoms with Gasteiger partial charge < -0.3 is 10.5 Å². The quantitative estimate of drug-likeness (QED) is 0.889. The number of methoxy groups -OCH3 is 1. The first kappa shape index (κ1) is 11.5. The lowest BCUT2D eigenvalue weighted by molar-refractivity contribution is 0.405. The summed E-state index contributed by atoms with van der Waals surface area (Å²) >= 11 is 3.29. The summed E-state index contributed by atoms with van der Waals surface area (Å²) in [6.07, 6.45) is 0. The second kappa shape index (κ2) is 3.87. The molecule has 4 heteroatoms. The first-order chi connectivity index (χ1) is 6.36. The molecule has 78 valence electrons. The summed E-state index contributed by atoms with van der Waals surface area (Å²) in [7, 11) is 1.49. The van der Waals surface area contributed by atoms with Gasteiger partial charge in [-0.2, -0.15) is 0 Å². The molecule has 0 fully saturated rings. The molecule has 0 heterocycles. The third-order valence-corrected chi connectivity index (χ3v) is 2.56. The average molecular weight is 262 g/mol. The number of ether oxygens (including phenoxy) is 1. The lowest BCUT2D eigenvalue weighted by Crippen LogP contribution is -2.29. The Bertz CT molecular complexity index is 347. The topological polar surface area (TPSA) is 35.2 Å². The summed E-state index contributed by atoms with van der Waals surface area (Å²) < 4.78 is 19.2. The van der Waals surface area contributed by atoms with E-state index in [1.807, 2.05) is 0 Å². The molecule has 0 bridgehead atoms. The minimum Gasteiger partial charge on any atom is -0.495 e. The molecule has 1 aromatic rings. The van der Waals surface area contributed by atoms with Crippen molar-refractivity contribution >= 4 is 15.9 Å². The molecular weight excluding hydrogens is 249 g/mol. The highest BCUT2D eigenvalue weighted by atomic mass is 79.9. The van der Waals surface area contributed by atoms with E-state index in [0.29, 0.717) is 15.8 Å². The molecule has 0 aliphatic heterocycles. The number of halogens is 2. The van der Waals surface area contributed by atoms with Crippen LogP contribution >= 0.6 is 15.9 Å². The summed E-state index contributed by atoms with van der Waals surface area (Å²) in [4.78, 5) is 0. The molecule has 0 aliphatic carbocycles. The molecule has 2 N–H and O–H groups in total. The van der Waals surface area contributed by atoms with Crippen molar-refractivity contribution in [2.75, 3.05) is 7.11 Å². The molecule has 0 aliphatic rings. The second-order valence-electron chi connectivity index (χ2n) is 3.69. The van der Waals surface area contributed by atoms with Crippen LogP contribution in [0.4, 0.5) is 4.39 Å². The van der Waals surface area contributed by atoms with Crippen LogP contribution in [0.1, 0.15) is 19.4 Å². The van der Waals surface area contributed by atoms with Gasteiger partial charge in [-0.25, -0.2) is 4.39 Å². The fourth-order valence-corrected chi connectivity index (χ4v) is 1.68. The van der Waals surface area contributed by atoms with Gasteiger partial charge in [0.1, 0.15) is 11.6 Å². The van der Waals surface area contributed by atoms with Gasteiger partial charge in [-0.3, -0.25) is 0 Å². The van der Waals surface area contributed by atoms with Crippen LogP contribution in [0, 0.1) is 5.82 Å². The zero-order valence-corrected chi connectivity index (χ0v) is 9.98. The van der Waals surface area contributed by atoms with Gasteiger partial charge >= 0.3 is 0 Å². The SMILES string of the molecule is COc1cc(F)c(C(C)(C)N)cc1Br. The van der Waals surface area contributed by atoms with Crippen LogP contribution in [-0.4, -0.2) is 7.11 Å². The summed E-state index contributed by atoms with van der Waals surface area (Å²) in [5.41, 5.74) is 5.58. The molecule has 0 saturated heterocycles. The van der Waals surface area contributed by atoms with E-state index in [4.69, 9.17) is 10.5 Å². The third kappa shape index (κ3) is 2.25. The van der Waals surface area contributed by atoms with Crippen molar-refractivity contribution in [2.45, 2.75) is 19.4 Å². The maximum atomic E-state index is 13.5. The molecule has 0 saturated carbocycles. The Labute approximate surface area is 91.4 Å². The van der Waals surface area contributed by atoms with Crippen LogP contribution in [-0.2, 0) is 5.54 Å². The molecule has 0 radical (unpaired) electrons. The summed E-state index contributed by atoms with van der Waals surface area (Å²) in [6.45, 7) is 3.51. The van der Waals surface area contributed by atoms with Crippen LogP contribution < -0.4 is 10.5 Å². The fourth-order valence-electron chi connectivity index (χ4n) is 1.18. The van der Waals surface area contributed by atoms with Gasteiger partial charge in [-0.1, -0.05) is 0 Å². The van der Waals surface area contributed by atoms with Crippen molar-refractivity contribution in [3.05, 3.63) is 28.0 Å². The highest BCUT2D eigenvalue weighted by Crippen LogP contribution is 2.31. The second-order valence-corrected chi connectivity index (χ2v) is 4.54. The van der Waals surface area contributed by atoms with Gasteiger partial charge in [-0.05, 0) is 35.8 Å². The Morgan fingerprint density at radius 1 is 1.43 bits per heavy atom. The Morgan fingerprint density at radius 3 is 2.43 bits per heavy atom. The van der Waals surface area contributed by atoms with Crippen LogP contribution in [0.2, 0.25) is 0 Å². The normalized spacial score (nSPS) is 11.6. The van der Waals surface area contributed by atoms with E-state index in [-0.39, 0.29) is 5.82 Å². The van der Waals surface area contributed by atoms with Gasteiger partial charge in [0.25, 0.3) is 0 Å². The first-order valence-electron chi connectivity index (χ1n) is 4.18. The van der Waals surface area contributed by atoms with E-state index in [9.17, 15) is 4.39 Å². The minimum absolute atomic E-state index is 0.349. The predicted molar refractivity (Wildman–Crippen MR) is 57.9 cm³/mol. The fraction of sp³-hybridized carbons (Fsp3) is 0.400. The average Bonchev–Trinajstić information content (AvgIpc) is 2.06. The van der Waals surface area contributed by atoms with Crippen molar-refractivity contribution in [3.63, 3.8) is 0 Å². The Morgan fingerprint density at radius 2 is 2.00 bits per heavy atom. The van der Waals surface area contributed by atoms with Crippen LogP contribution in [0.5, 0.6) is 5.75 Å². The van der Waals surface area contributed by atoms with E-state index >= 15 is 0 Å². The van der Waals surface area contributed by atoms with Gasteiger partial charge in [0.05, 0.1) is 11.6 Å². The molecule has 1 rings (SSSR count). The Hall–Kier alpha value is -0.610. The van der Waals surface area contributed by atoms with Crippen molar-refractivity contribution in [1.29, 1.82) is 0 Å². The van der Waals surface area contributed by atoms with Crippen molar-refractivity contribution < 1.29 is 9.13 Å². The minimum atomic E-state index is -0.696. The van der Waals surface area contributed by atoms with Gasteiger partial charge in [0.15, 0.2) is 0 Å². The zero-order chi connectivity index (χ0) is 10.9. The third-order valence-electron chi connectivity index (χ3n) is 1.94. The molecule has 0 unspecified atom stereocenters. The molecule has 0 atom stereocenters. The standard InChI is InChI=1S/C10H13BrFNO/c1-10(2,13)6-4-7(11)9(14-3)5-8(6)12/h4-5H,13H2,1-3H3. The number of nitrogens with two attached hydrogens (primary N) is 1. The molecule has 0 amide bonds. The molecule has 0 aromatic heterocycles. The summed E-state index contributed by atoms with van der Waals surface area (Å²) in [5, 5.41) is 0. The lowest BCUT2D eigenvalue weighted by Gasteiger charge is -2.20. The van der Waals surface area contributed by atoms with Gasteiger partial charge in [0, 0.05) is 17.2 Å². The highest BCUT2D eigenvalue weighted by molar-refractivity contribution is 9.10. The van der Waals surface area contributed by atoms with Gasteiger partial charge in [0.2, 0.25) is 0 Å². The van der Waals surface area contributed by atoms with Crippen molar-refractivity contribution in [1.82, 2.24) is 0 Å². The summed E-state index contributed by atoms with van der Waals surface area (Å²) in [5.74, 6) is 0.119. The Kier molecular flexibility index (Phi) is 3.17. The van der Waals surface area contributed by atoms with E-state index in [2.05, 4.69) is 15.9 Å². The number of hydrogen-bond donors (Lipinski definition) is 1. The molecule has 1 aromatic carbocycles. The zero-order valence-electron chi connectivity index (χ0n) is 8.40. The molecular formula is C10H13BrFNO. The molecule has 2 nitrogen and oxygen atoms in total. The van der Waals surface area contributed by atoms with Gasteiger partial charge in [-0.15, -0.1) is 0 Å². The lowest BCUT2D eigenvalue weighted by atomic mass is 9.95. The number of rotatable bonds is 2. The number of benzene rings is 1. The van der Waals surface area contributed by atoms with E-state index in [1.54, 1.807) is 19.9 Å². The molecule has 14 heavy (non-hydrogen) atoms. The van der Waals surface area contributed by atoms with Crippen LogP contribution in [0.25, 0.3) is 0 Å². The van der Waals surface area contributed by atoms with Crippen LogP contribution in [0.15, 0.2) is 16.6 Å². The monoisotopic (exact) mass is 261 g/mol. The largest absolute Gasteiger partial charge is 0.495 e. The van der Waals surface area contributed by atoms with Crippen molar-refractivity contribution in [2.24, 2.45) is 5.73 Å². The van der Waals surface area contributed by atoms with Crippen molar-refractivity contribution in [3.8, 4) is 5.75 Å². The van der Waals surface area contributed by atoms with Crippen LogP contribution in [0.3, 0.4) is 0 Å². The maximum absolute atomic E-state index is 13.5.